The van der Waals surface area contributed by atoms with Crippen LogP contribution >= 0.6 is 0 Å². The van der Waals surface area contributed by atoms with Gasteiger partial charge in [-0.25, -0.2) is 14.8 Å². The van der Waals surface area contributed by atoms with Crippen molar-refractivity contribution in [2.45, 2.75) is 38.3 Å². The minimum absolute atomic E-state index is 0.178. The van der Waals surface area contributed by atoms with Crippen molar-refractivity contribution < 1.29 is 14.3 Å². The van der Waals surface area contributed by atoms with E-state index in [9.17, 15) is 4.79 Å². The standard InChI is InChI=1S/C26H27N5O3/c1-33-22-12-11-18(13-21(22)30-26(32)34-15-17-7-3-2-4-8-17)20-14-31(19-9-5-6-10-19)25-23(20)24(27)28-16-29-25/h2-4,7-8,11-14,16,19H,5-6,9-10,15H2,1H3,(H,30,32)(H2,27,28,29). The first-order chi connectivity index (χ1) is 16.6. The minimum atomic E-state index is -0.560. The van der Waals surface area contributed by atoms with Crippen LogP contribution in [0.15, 0.2) is 61.1 Å². The number of fused-ring (bicyclic) bond motifs is 1. The van der Waals surface area contributed by atoms with Crippen LogP contribution in [0, 0.1) is 0 Å². The van der Waals surface area contributed by atoms with Gasteiger partial charge in [0.1, 0.15) is 30.1 Å². The zero-order valence-electron chi connectivity index (χ0n) is 19.0. The van der Waals surface area contributed by atoms with Crippen LogP contribution in [0.1, 0.15) is 37.3 Å². The highest BCUT2D eigenvalue weighted by Gasteiger charge is 2.23. The van der Waals surface area contributed by atoms with Gasteiger partial charge < -0.3 is 19.8 Å². The largest absolute Gasteiger partial charge is 0.495 e. The Hall–Kier alpha value is -4.07. The molecular formula is C26H27N5O3. The summed E-state index contributed by atoms with van der Waals surface area (Å²) in [6.45, 7) is 0.178. The van der Waals surface area contributed by atoms with E-state index in [1.165, 1.54) is 19.2 Å². The summed E-state index contributed by atoms with van der Waals surface area (Å²) < 4.78 is 13.1. The summed E-state index contributed by atoms with van der Waals surface area (Å²) in [5, 5.41) is 3.63. The van der Waals surface area contributed by atoms with Gasteiger partial charge >= 0.3 is 6.09 Å². The highest BCUT2D eigenvalue weighted by Crippen LogP contribution is 2.40. The van der Waals surface area contributed by atoms with Crippen LogP contribution < -0.4 is 15.8 Å². The lowest BCUT2D eigenvalue weighted by Crippen LogP contribution is -2.14. The predicted octanol–water partition coefficient (Wildman–Crippen LogP) is 5.55. The van der Waals surface area contributed by atoms with Gasteiger partial charge in [-0.05, 0) is 36.1 Å². The number of amides is 1. The Kier molecular flexibility index (Phi) is 6.03. The van der Waals surface area contributed by atoms with Crippen LogP contribution in [0.25, 0.3) is 22.2 Å². The van der Waals surface area contributed by atoms with E-state index < -0.39 is 6.09 Å². The quantitative estimate of drug-likeness (QED) is 0.393. The zero-order valence-corrected chi connectivity index (χ0v) is 19.0. The van der Waals surface area contributed by atoms with E-state index in [4.69, 9.17) is 15.2 Å². The Bertz CT molecular complexity index is 1310. The number of nitrogen functional groups attached to an aromatic ring is 1. The van der Waals surface area contributed by atoms with Crippen LogP contribution in [0.5, 0.6) is 5.75 Å². The van der Waals surface area contributed by atoms with Gasteiger partial charge in [0.25, 0.3) is 0 Å². The number of carbonyl (C=O) groups is 1. The molecule has 0 saturated heterocycles. The average Bonchev–Trinajstić information content (AvgIpc) is 3.52. The summed E-state index contributed by atoms with van der Waals surface area (Å²) in [7, 11) is 1.56. The zero-order chi connectivity index (χ0) is 23.5. The lowest BCUT2D eigenvalue weighted by molar-refractivity contribution is 0.155. The van der Waals surface area contributed by atoms with E-state index in [1.807, 2.05) is 48.5 Å². The maximum absolute atomic E-state index is 12.5. The van der Waals surface area contributed by atoms with E-state index in [0.29, 0.717) is 23.3 Å². The third-order valence-corrected chi connectivity index (χ3v) is 6.32. The lowest BCUT2D eigenvalue weighted by Gasteiger charge is -2.13. The van der Waals surface area contributed by atoms with Crippen molar-refractivity contribution in [1.82, 2.24) is 14.5 Å². The number of anilines is 2. The average molecular weight is 458 g/mol. The van der Waals surface area contributed by atoms with Crippen molar-refractivity contribution in [3.05, 3.63) is 66.6 Å². The predicted molar refractivity (Wildman–Crippen MR) is 132 cm³/mol. The van der Waals surface area contributed by atoms with Crippen LogP contribution in [-0.4, -0.2) is 27.7 Å². The van der Waals surface area contributed by atoms with E-state index in [-0.39, 0.29) is 6.61 Å². The number of methoxy groups -OCH3 is 1. The Morgan fingerprint density at radius 1 is 1.15 bits per heavy atom. The molecule has 0 bridgehead atoms. The van der Waals surface area contributed by atoms with Crippen molar-refractivity contribution in [3.8, 4) is 16.9 Å². The fourth-order valence-electron chi connectivity index (χ4n) is 4.63. The second-order valence-corrected chi connectivity index (χ2v) is 8.45. The molecule has 5 rings (SSSR count). The molecule has 1 saturated carbocycles. The molecule has 34 heavy (non-hydrogen) atoms. The second kappa shape index (κ2) is 9.43. The minimum Gasteiger partial charge on any atom is -0.495 e. The molecule has 4 aromatic rings. The second-order valence-electron chi connectivity index (χ2n) is 8.45. The molecule has 1 aliphatic carbocycles. The number of benzene rings is 2. The number of carbonyl (C=O) groups excluding carboxylic acids is 1. The summed E-state index contributed by atoms with van der Waals surface area (Å²) in [6.07, 6.45) is 7.72. The molecule has 8 heteroatoms. The summed E-state index contributed by atoms with van der Waals surface area (Å²) >= 11 is 0. The molecule has 174 valence electrons. The van der Waals surface area contributed by atoms with Gasteiger partial charge in [-0.15, -0.1) is 0 Å². The van der Waals surface area contributed by atoms with Gasteiger partial charge in [-0.1, -0.05) is 49.2 Å². The van der Waals surface area contributed by atoms with Gasteiger partial charge in [-0.3, -0.25) is 5.32 Å². The molecule has 0 aliphatic heterocycles. The summed E-state index contributed by atoms with van der Waals surface area (Å²) in [5.74, 6) is 0.966. The number of nitrogens with zero attached hydrogens (tertiary/aromatic N) is 3. The third kappa shape index (κ3) is 4.26. The third-order valence-electron chi connectivity index (χ3n) is 6.32. The Labute approximate surface area is 197 Å². The van der Waals surface area contributed by atoms with Crippen molar-refractivity contribution in [3.63, 3.8) is 0 Å². The van der Waals surface area contributed by atoms with Gasteiger partial charge in [0.05, 0.1) is 18.2 Å². The number of rotatable bonds is 6. The van der Waals surface area contributed by atoms with Crippen molar-refractivity contribution in [2.24, 2.45) is 0 Å². The number of ether oxygens (including phenoxy) is 2. The molecule has 1 aliphatic rings. The molecule has 1 fully saturated rings. The van der Waals surface area contributed by atoms with Crippen molar-refractivity contribution in [2.75, 3.05) is 18.2 Å². The molecule has 2 aromatic carbocycles. The van der Waals surface area contributed by atoms with Crippen molar-refractivity contribution >= 4 is 28.6 Å². The fourth-order valence-corrected chi connectivity index (χ4v) is 4.63. The molecular weight excluding hydrogens is 430 g/mol. The van der Waals surface area contributed by atoms with Gasteiger partial charge in [-0.2, -0.15) is 0 Å². The molecule has 8 nitrogen and oxygen atoms in total. The summed E-state index contributed by atoms with van der Waals surface area (Å²) in [4.78, 5) is 21.3. The number of nitrogens with one attached hydrogen (secondary N) is 1. The molecule has 3 N–H and O–H groups in total. The number of hydrogen-bond acceptors (Lipinski definition) is 6. The van der Waals surface area contributed by atoms with Gasteiger partial charge in [0.15, 0.2) is 0 Å². The van der Waals surface area contributed by atoms with Crippen LogP contribution in [0.3, 0.4) is 0 Å². The highest BCUT2D eigenvalue weighted by molar-refractivity contribution is 6.01. The summed E-state index contributed by atoms with van der Waals surface area (Å²) in [6, 6.07) is 15.6. The first kappa shape index (κ1) is 21.8. The molecule has 0 atom stereocenters. The SMILES string of the molecule is COc1ccc(-c2cn(C3CCCC3)c3ncnc(N)c23)cc1NC(=O)OCc1ccccc1. The molecule has 0 spiro atoms. The fraction of sp³-hybridized carbons (Fsp3) is 0.269. The van der Waals surface area contributed by atoms with E-state index in [0.717, 1.165) is 40.6 Å². The first-order valence-corrected chi connectivity index (χ1v) is 11.4. The molecule has 0 unspecified atom stereocenters. The maximum atomic E-state index is 12.5. The van der Waals surface area contributed by atoms with Gasteiger partial charge in [0, 0.05) is 17.8 Å². The summed E-state index contributed by atoms with van der Waals surface area (Å²) in [5.41, 5.74) is 10.3. The van der Waals surface area contributed by atoms with E-state index >= 15 is 0 Å². The van der Waals surface area contributed by atoms with Crippen LogP contribution in [0.2, 0.25) is 0 Å². The van der Waals surface area contributed by atoms with E-state index in [1.54, 1.807) is 7.11 Å². The maximum Gasteiger partial charge on any atom is 0.412 e. The normalized spacial score (nSPS) is 13.8. The topological polar surface area (TPSA) is 104 Å². The number of hydrogen-bond donors (Lipinski definition) is 2. The monoisotopic (exact) mass is 457 g/mol. The molecule has 0 radical (unpaired) electrons. The molecule has 1 amide bonds. The lowest BCUT2D eigenvalue weighted by atomic mass is 10.0. The smallest absolute Gasteiger partial charge is 0.412 e. The van der Waals surface area contributed by atoms with Crippen LogP contribution in [-0.2, 0) is 11.3 Å². The van der Waals surface area contributed by atoms with Crippen molar-refractivity contribution in [1.29, 1.82) is 0 Å². The molecule has 2 aromatic heterocycles. The molecule has 2 heterocycles. The Morgan fingerprint density at radius 2 is 1.94 bits per heavy atom. The Morgan fingerprint density at radius 3 is 2.71 bits per heavy atom. The van der Waals surface area contributed by atoms with Crippen LogP contribution in [0.4, 0.5) is 16.3 Å². The van der Waals surface area contributed by atoms with Gasteiger partial charge in [0.2, 0.25) is 0 Å². The number of nitrogens with two attached hydrogens (primary N) is 1. The highest BCUT2D eigenvalue weighted by atomic mass is 16.5. The Balaban J connectivity index is 1.47. The first-order valence-electron chi connectivity index (χ1n) is 11.4. The number of aromatic nitrogens is 3. The van der Waals surface area contributed by atoms with E-state index in [2.05, 4.69) is 26.0 Å².